The van der Waals surface area contributed by atoms with Crippen molar-refractivity contribution in [3.05, 3.63) is 53.9 Å². The van der Waals surface area contributed by atoms with E-state index in [2.05, 4.69) is 14.9 Å². The SMILES string of the molecule is Cl.O=C(O)c1ccnc(C(COc2cccc(OC(F)(F)F)c2)=NO)c1. The molecule has 0 unspecified atom stereocenters. The van der Waals surface area contributed by atoms with Crippen LogP contribution in [0.2, 0.25) is 0 Å². The van der Waals surface area contributed by atoms with Crippen molar-refractivity contribution in [1.82, 2.24) is 4.98 Å². The highest BCUT2D eigenvalue weighted by Gasteiger charge is 2.31. The Hall–Kier alpha value is -3.01. The van der Waals surface area contributed by atoms with Gasteiger partial charge in [-0.1, -0.05) is 11.2 Å². The van der Waals surface area contributed by atoms with Crippen LogP contribution >= 0.6 is 12.4 Å². The summed E-state index contributed by atoms with van der Waals surface area (Å²) in [7, 11) is 0. The second-order valence-corrected chi connectivity index (χ2v) is 4.59. The molecule has 0 aliphatic rings. The van der Waals surface area contributed by atoms with Gasteiger partial charge < -0.3 is 19.8 Å². The van der Waals surface area contributed by atoms with E-state index >= 15 is 0 Å². The number of pyridine rings is 1. The minimum Gasteiger partial charge on any atom is -0.487 e. The van der Waals surface area contributed by atoms with Gasteiger partial charge in [0.05, 0.1) is 11.3 Å². The lowest BCUT2D eigenvalue weighted by molar-refractivity contribution is -0.274. The summed E-state index contributed by atoms with van der Waals surface area (Å²) in [6.45, 7) is -0.359. The van der Waals surface area contributed by atoms with Crippen molar-refractivity contribution in [1.29, 1.82) is 0 Å². The molecule has 0 atom stereocenters. The number of benzene rings is 1. The molecule has 11 heteroatoms. The van der Waals surface area contributed by atoms with Crippen molar-refractivity contribution >= 4 is 24.1 Å². The summed E-state index contributed by atoms with van der Waals surface area (Å²) in [5.41, 5.74) is -0.137. The molecular formula is C15H12ClF3N2O5. The van der Waals surface area contributed by atoms with E-state index in [1.807, 2.05) is 0 Å². The van der Waals surface area contributed by atoms with Gasteiger partial charge in [-0.3, -0.25) is 4.98 Å². The van der Waals surface area contributed by atoms with Gasteiger partial charge in [-0.15, -0.1) is 25.6 Å². The van der Waals surface area contributed by atoms with E-state index in [1.54, 1.807) is 0 Å². The first-order chi connectivity index (χ1) is 11.8. The highest BCUT2D eigenvalue weighted by atomic mass is 35.5. The van der Waals surface area contributed by atoms with Crippen molar-refractivity contribution < 1.29 is 37.8 Å². The minimum absolute atomic E-state index is 0. The molecule has 2 rings (SSSR count). The molecule has 0 radical (unpaired) electrons. The molecule has 0 saturated heterocycles. The molecule has 0 saturated carbocycles. The second kappa shape index (κ2) is 8.90. The Kier molecular flexibility index (Phi) is 7.20. The van der Waals surface area contributed by atoms with Crippen LogP contribution in [0.15, 0.2) is 47.8 Å². The molecule has 2 N–H and O–H groups in total. The fraction of sp³-hybridized carbons (Fsp3) is 0.133. The van der Waals surface area contributed by atoms with Crippen molar-refractivity contribution in [2.24, 2.45) is 5.16 Å². The van der Waals surface area contributed by atoms with Gasteiger partial charge in [0.25, 0.3) is 0 Å². The summed E-state index contributed by atoms with van der Waals surface area (Å²) in [6, 6.07) is 7.18. The van der Waals surface area contributed by atoms with Crippen LogP contribution in [-0.4, -0.2) is 39.9 Å². The second-order valence-electron chi connectivity index (χ2n) is 4.59. The van der Waals surface area contributed by atoms with Crippen LogP contribution in [0.5, 0.6) is 11.5 Å². The maximum absolute atomic E-state index is 12.2. The molecule has 0 fully saturated rings. The molecule has 1 aromatic heterocycles. The number of hydrogen-bond acceptors (Lipinski definition) is 6. The molecule has 0 bridgehead atoms. The fourth-order valence-electron chi connectivity index (χ4n) is 1.79. The van der Waals surface area contributed by atoms with E-state index in [1.165, 1.54) is 30.5 Å². The third-order valence-electron chi connectivity index (χ3n) is 2.84. The van der Waals surface area contributed by atoms with E-state index in [9.17, 15) is 18.0 Å². The maximum Gasteiger partial charge on any atom is 0.573 e. The zero-order chi connectivity index (χ0) is 18.4. The molecule has 0 aliphatic carbocycles. The highest BCUT2D eigenvalue weighted by Crippen LogP contribution is 2.26. The number of ether oxygens (including phenoxy) is 2. The number of hydrogen-bond donors (Lipinski definition) is 2. The van der Waals surface area contributed by atoms with Crippen LogP contribution in [-0.2, 0) is 0 Å². The Bertz CT molecular complexity index is 799. The third kappa shape index (κ3) is 6.13. The number of halogens is 4. The number of alkyl halides is 3. The normalized spacial score (nSPS) is 11.4. The van der Waals surface area contributed by atoms with E-state index in [0.29, 0.717) is 0 Å². The molecule has 140 valence electrons. The van der Waals surface area contributed by atoms with E-state index in [0.717, 1.165) is 12.1 Å². The van der Waals surface area contributed by atoms with Crippen LogP contribution in [0, 0.1) is 0 Å². The molecule has 7 nitrogen and oxygen atoms in total. The van der Waals surface area contributed by atoms with Gasteiger partial charge in [0.15, 0.2) is 0 Å². The minimum atomic E-state index is -4.84. The Morgan fingerprint density at radius 2 is 1.88 bits per heavy atom. The number of rotatable bonds is 6. The monoisotopic (exact) mass is 392 g/mol. The zero-order valence-corrected chi connectivity index (χ0v) is 13.6. The number of oxime groups is 1. The summed E-state index contributed by atoms with van der Waals surface area (Å²) < 4.78 is 45.6. The van der Waals surface area contributed by atoms with Gasteiger partial charge in [0.1, 0.15) is 23.8 Å². The first-order valence-electron chi connectivity index (χ1n) is 6.68. The van der Waals surface area contributed by atoms with Crippen LogP contribution in [0.4, 0.5) is 13.2 Å². The van der Waals surface area contributed by atoms with Crippen LogP contribution in [0.1, 0.15) is 16.1 Å². The Labute approximate surface area is 151 Å². The lowest BCUT2D eigenvalue weighted by Crippen LogP contribution is -2.17. The van der Waals surface area contributed by atoms with Gasteiger partial charge in [-0.2, -0.15) is 0 Å². The molecule has 0 aliphatic heterocycles. The van der Waals surface area contributed by atoms with Crippen molar-refractivity contribution in [2.75, 3.05) is 6.61 Å². The molecule has 2 aromatic rings. The third-order valence-corrected chi connectivity index (χ3v) is 2.84. The summed E-state index contributed by atoms with van der Waals surface area (Å²) >= 11 is 0. The number of carboxylic acids is 1. The Balaban J connectivity index is 0.00000338. The Morgan fingerprint density at radius 1 is 1.19 bits per heavy atom. The number of aromatic carboxylic acids is 1. The van der Waals surface area contributed by atoms with Gasteiger partial charge >= 0.3 is 12.3 Å². The van der Waals surface area contributed by atoms with Crippen LogP contribution in [0.25, 0.3) is 0 Å². The topological polar surface area (TPSA) is 101 Å². The average Bonchev–Trinajstić information content (AvgIpc) is 2.54. The maximum atomic E-state index is 12.2. The van der Waals surface area contributed by atoms with Crippen molar-refractivity contribution in [2.45, 2.75) is 6.36 Å². The predicted molar refractivity (Wildman–Crippen MR) is 85.4 cm³/mol. The first kappa shape index (κ1) is 21.0. The summed E-state index contributed by atoms with van der Waals surface area (Å²) in [5.74, 6) is -1.64. The molecule has 1 heterocycles. The smallest absolute Gasteiger partial charge is 0.487 e. The van der Waals surface area contributed by atoms with Crippen LogP contribution in [0.3, 0.4) is 0 Å². The predicted octanol–water partition coefficient (Wildman–Crippen LogP) is 3.36. The number of aromatic nitrogens is 1. The van der Waals surface area contributed by atoms with E-state index in [4.69, 9.17) is 15.1 Å². The molecule has 0 amide bonds. The summed E-state index contributed by atoms with van der Waals surface area (Å²) in [4.78, 5) is 14.8. The Morgan fingerprint density at radius 3 is 2.50 bits per heavy atom. The van der Waals surface area contributed by atoms with Gasteiger partial charge in [-0.25, -0.2) is 4.79 Å². The van der Waals surface area contributed by atoms with Gasteiger partial charge in [0, 0.05) is 12.3 Å². The van der Waals surface area contributed by atoms with Crippen molar-refractivity contribution in [3.63, 3.8) is 0 Å². The number of carbonyl (C=O) groups is 1. The number of carboxylic acid groups (broad SMARTS) is 1. The fourth-order valence-corrected chi connectivity index (χ4v) is 1.79. The van der Waals surface area contributed by atoms with Gasteiger partial charge in [-0.05, 0) is 24.3 Å². The first-order valence-corrected chi connectivity index (χ1v) is 6.68. The molecule has 1 aromatic carbocycles. The average molecular weight is 393 g/mol. The molecule has 0 spiro atoms. The van der Waals surface area contributed by atoms with Crippen molar-refractivity contribution in [3.8, 4) is 11.5 Å². The lowest BCUT2D eigenvalue weighted by atomic mass is 10.2. The van der Waals surface area contributed by atoms with Crippen LogP contribution < -0.4 is 9.47 Å². The molecular weight excluding hydrogens is 381 g/mol. The summed E-state index contributed by atoms with van der Waals surface area (Å²) in [6.07, 6.45) is -3.63. The highest BCUT2D eigenvalue weighted by molar-refractivity contribution is 6.01. The van der Waals surface area contributed by atoms with E-state index in [-0.39, 0.29) is 41.7 Å². The standard InChI is InChI=1S/C15H11F3N2O5.ClH/c16-15(17,18)25-11-3-1-2-10(7-11)24-8-13(20-23)12-6-9(14(21)22)4-5-19-12;/h1-7,23H,8H2,(H,21,22);1H. The van der Waals surface area contributed by atoms with E-state index < -0.39 is 18.1 Å². The molecule has 26 heavy (non-hydrogen) atoms. The zero-order valence-electron chi connectivity index (χ0n) is 12.8. The quantitative estimate of drug-likeness (QED) is 0.444. The van der Waals surface area contributed by atoms with Gasteiger partial charge in [0.2, 0.25) is 0 Å². The largest absolute Gasteiger partial charge is 0.573 e. The summed E-state index contributed by atoms with van der Waals surface area (Å²) in [5, 5.41) is 20.9. The lowest BCUT2D eigenvalue weighted by Gasteiger charge is -2.11. The number of nitrogens with zero attached hydrogens (tertiary/aromatic N) is 2.